The van der Waals surface area contributed by atoms with Crippen LogP contribution in [0.25, 0.3) is 0 Å². The Bertz CT molecular complexity index is 651. The third-order valence-electron chi connectivity index (χ3n) is 3.13. The van der Waals surface area contributed by atoms with Gasteiger partial charge >= 0.3 is 0 Å². The maximum atomic E-state index is 12.4. The second-order valence-corrected chi connectivity index (χ2v) is 5.18. The molecule has 0 bridgehead atoms. The Labute approximate surface area is 129 Å². The van der Waals surface area contributed by atoms with Crippen molar-refractivity contribution in [3.05, 3.63) is 53.3 Å². The number of nitrogens with one attached hydrogen (secondary N) is 1. The van der Waals surface area contributed by atoms with Crippen LogP contribution in [0.5, 0.6) is 0 Å². The van der Waals surface area contributed by atoms with Gasteiger partial charge in [0.1, 0.15) is 16.7 Å². The molecule has 0 radical (unpaired) electrons. The average Bonchev–Trinajstić information content (AvgIpc) is 2.86. The average molecular weight is 302 g/mol. The fraction of sp³-hybridized carbons (Fsp3) is 0.267. The number of amides is 1. The Morgan fingerprint density at radius 2 is 2.10 bits per heavy atom. The minimum Gasteiger partial charge on any atom is -0.391 e. The van der Waals surface area contributed by atoms with Gasteiger partial charge in [0.25, 0.3) is 5.91 Å². The van der Waals surface area contributed by atoms with Crippen LogP contribution in [0.15, 0.2) is 36.4 Å². The molecule has 3 N–H and O–H groups in total. The van der Waals surface area contributed by atoms with E-state index in [1.165, 1.54) is 0 Å². The van der Waals surface area contributed by atoms with Gasteiger partial charge in [0.2, 0.25) is 0 Å². The molecule has 0 saturated carbocycles. The molecule has 1 amide bonds. The Morgan fingerprint density at radius 1 is 1.43 bits per heavy atom. The molecule has 0 fully saturated rings. The standard InChI is InChI=1S/C15H18N4OS/c1-3-19-12(9-10(2)18-19)15(20)17-13(14(16)21)11-7-5-4-6-8-11/h4-9,13H,3H2,1-2H3,(H2,16,21)(H,17,20). The number of carbonyl (C=O) groups is 1. The van der Waals surface area contributed by atoms with Crippen LogP contribution in [0.3, 0.4) is 0 Å². The lowest BCUT2D eigenvalue weighted by atomic mass is 10.1. The minimum absolute atomic E-state index is 0.230. The first-order chi connectivity index (χ1) is 10.0. The molecular formula is C15H18N4OS. The molecular weight excluding hydrogens is 284 g/mol. The zero-order valence-electron chi connectivity index (χ0n) is 12.0. The van der Waals surface area contributed by atoms with Gasteiger partial charge in [-0.2, -0.15) is 5.10 Å². The zero-order valence-corrected chi connectivity index (χ0v) is 12.9. The smallest absolute Gasteiger partial charge is 0.270 e. The van der Waals surface area contributed by atoms with E-state index < -0.39 is 6.04 Å². The summed E-state index contributed by atoms with van der Waals surface area (Å²) < 4.78 is 1.66. The van der Waals surface area contributed by atoms with Crippen LogP contribution in [0.2, 0.25) is 0 Å². The maximum absolute atomic E-state index is 12.4. The van der Waals surface area contributed by atoms with E-state index in [0.717, 1.165) is 11.3 Å². The molecule has 1 atom stereocenters. The number of carbonyl (C=O) groups excluding carboxylic acids is 1. The normalized spacial score (nSPS) is 11.9. The maximum Gasteiger partial charge on any atom is 0.270 e. The van der Waals surface area contributed by atoms with E-state index in [1.807, 2.05) is 44.2 Å². The molecule has 0 saturated heterocycles. The van der Waals surface area contributed by atoms with Crippen molar-refractivity contribution in [2.24, 2.45) is 5.73 Å². The summed E-state index contributed by atoms with van der Waals surface area (Å²) in [5.41, 5.74) is 7.93. The van der Waals surface area contributed by atoms with Crippen molar-refractivity contribution < 1.29 is 4.79 Å². The van der Waals surface area contributed by atoms with E-state index in [1.54, 1.807) is 10.7 Å². The van der Waals surface area contributed by atoms with E-state index in [0.29, 0.717) is 12.2 Å². The lowest BCUT2D eigenvalue weighted by Crippen LogP contribution is -2.37. The van der Waals surface area contributed by atoms with Crippen molar-refractivity contribution in [1.82, 2.24) is 15.1 Å². The van der Waals surface area contributed by atoms with Crippen LogP contribution in [0.4, 0.5) is 0 Å². The molecule has 6 heteroatoms. The van der Waals surface area contributed by atoms with Crippen LogP contribution in [-0.2, 0) is 6.54 Å². The van der Waals surface area contributed by atoms with Gasteiger partial charge < -0.3 is 11.1 Å². The number of hydrogen-bond donors (Lipinski definition) is 2. The van der Waals surface area contributed by atoms with Crippen LogP contribution in [-0.4, -0.2) is 20.7 Å². The first kappa shape index (κ1) is 15.2. The number of nitrogens with two attached hydrogens (primary N) is 1. The third-order valence-corrected chi connectivity index (χ3v) is 3.36. The highest BCUT2D eigenvalue weighted by Crippen LogP contribution is 2.14. The van der Waals surface area contributed by atoms with E-state index in [4.69, 9.17) is 18.0 Å². The van der Waals surface area contributed by atoms with Gasteiger partial charge in [-0.25, -0.2) is 0 Å². The second kappa shape index (κ2) is 6.49. The van der Waals surface area contributed by atoms with Crippen molar-refractivity contribution >= 4 is 23.1 Å². The highest BCUT2D eigenvalue weighted by molar-refractivity contribution is 7.80. The van der Waals surface area contributed by atoms with Gasteiger partial charge in [0.05, 0.1) is 5.69 Å². The summed E-state index contributed by atoms with van der Waals surface area (Å²) in [7, 11) is 0. The number of rotatable bonds is 5. The highest BCUT2D eigenvalue weighted by Gasteiger charge is 2.20. The first-order valence-electron chi connectivity index (χ1n) is 6.72. The monoisotopic (exact) mass is 302 g/mol. The minimum atomic E-state index is -0.491. The predicted octanol–water partition coefficient (Wildman–Crippen LogP) is 1.97. The Morgan fingerprint density at radius 3 is 2.67 bits per heavy atom. The third kappa shape index (κ3) is 3.46. The largest absolute Gasteiger partial charge is 0.391 e. The van der Waals surface area contributed by atoms with Crippen LogP contribution in [0.1, 0.15) is 34.7 Å². The first-order valence-corrected chi connectivity index (χ1v) is 7.13. The van der Waals surface area contributed by atoms with Crippen LogP contribution in [0, 0.1) is 6.92 Å². The molecule has 1 heterocycles. The van der Waals surface area contributed by atoms with Gasteiger partial charge in [0.15, 0.2) is 0 Å². The molecule has 1 aromatic heterocycles. The van der Waals surface area contributed by atoms with E-state index >= 15 is 0 Å². The number of hydrogen-bond acceptors (Lipinski definition) is 3. The summed E-state index contributed by atoms with van der Waals surface area (Å²) in [5, 5.41) is 7.14. The van der Waals surface area contributed by atoms with E-state index in [-0.39, 0.29) is 10.9 Å². The zero-order chi connectivity index (χ0) is 15.4. The number of thiocarbonyl (C=S) groups is 1. The van der Waals surface area contributed by atoms with Gasteiger partial charge in [-0.15, -0.1) is 0 Å². The molecule has 21 heavy (non-hydrogen) atoms. The lowest BCUT2D eigenvalue weighted by molar-refractivity contribution is 0.0936. The number of benzene rings is 1. The molecule has 5 nitrogen and oxygen atoms in total. The van der Waals surface area contributed by atoms with Gasteiger partial charge in [-0.05, 0) is 25.5 Å². The summed E-state index contributed by atoms with van der Waals surface area (Å²) >= 11 is 5.07. The van der Waals surface area contributed by atoms with Gasteiger partial charge in [0, 0.05) is 6.54 Å². The number of aryl methyl sites for hydroxylation is 2. The molecule has 0 aliphatic carbocycles. The summed E-state index contributed by atoms with van der Waals surface area (Å²) in [6.07, 6.45) is 0. The molecule has 110 valence electrons. The highest BCUT2D eigenvalue weighted by atomic mass is 32.1. The van der Waals surface area contributed by atoms with Crippen molar-refractivity contribution in [3.63, 3.8) is 0 Å². The topological polar surface area (TPSA) is 72.9 Å². The van der Waals surface area contributed by atoms with Crippen molar-refractivity contribution in [2.75, 3.05) is 0 Å². The Balaban J connectivity index is 2.25. The van der Waals surface area contributed by atoms with Gasteiger partial charge in [-0.1, -0.05) is 42.5 Å². The second-order valence-electron chi connectivity index (χ2n) is 4.71. The number of nitrogens with zero attached hydrogens (tertiary/aromatic N) is 2. The lowest BCUT2D eigenvalue weighted by Gasteiger charge is -2.18. The molecule has 2 aromatic rings. The molecule has 0 aliphatic heterocycles. The summed E-state index contributed by atoms with van der Waals surface area (Å²) in [6, 6.07) is 10.7. The molecule has 0 spiro atoms. The quantitative estimate of drug-likeness (QED) is 0.828. The summed E-state index contributed by atoms with van der Waals surface area (Å²) in [5.74, 6) is -0.237. The fourth-order valence-electron chi connectivity index (χ4n) is 2.14. The predicted molar refractivity (Wildman–Crippen MR) is 86.1 cm³/mol. The van der Waals surface area contributed by atoms with E-state index in [9.17, 15) is 4.79 Å². The van der Waals surface area contributed by atoms with Crippen LogP contribution >= 0.6 is 12.2 Å². The molecule has 0 aliphatic rings. The van der Waals surface area contributed by atoms with Crippen molar-refractivity contribution in [1.29, 1.82) is 0 Å². The Hall–Kier alpha value is -2.21. The van der Waals surface area contributed by atoms with E-state index in [2.05, 4.69) is 10.4 Å². The van der Waals surface area contributed by atoms with Crippen molar-refractivity contribution in [2.45, 2.75) is 26.4 Å². The van der Waals surface area contributed by atoms with Gasteiger partial charge in [-0.3, -0.25) is 9.48 Å². The number of aromatic nitrogens is 2. The Kier molecular flexibility index (Phi) is 4.70. The fourth-order valence-corrected chi connectivity index (χ4v) is 2.33. The van der Waals surface area contributed by atoms with Crippen molar-refractivity contribution in [3.8, 4) is 0 Å². The SMILES string of the molecule is CCn1nc(C)cc1C(=O)NC(C(N)=S)c1ccccc1. The molecule has 2 rings (SSSR count). The molecule has 1 aromatic carbocycles. The van der Waals surface area contributed by atoms with Crippen LogP contribution < -0.4 is 11.1 Å². The summed E-state index contributed by atoms with van der Waals surface area (Å²) in [6.45, 7) is 4.41. The molecule has 1 unspecified atom stereocenters. The summed E-state index contributed by atoms with van der Waals surface area (Å²) in [4.78, 5) is 12.7.